The Morgan fingerprint density at radius 1 is 0.976 bits per heavy atom. The van der Waals surface area contributed by atoms with Crippen molar-refractivity contribution in [2.45, 2.75) is 83.1 Å². The third-order valence-electron chi connectivity index (χ3n) is 8.70. The van der Waals surface area contributed by atoms with E-state index in [-0.39, 0.29) is 30.0 Å². The Bertz CT molecular complexity index is 1150. The number of ketones is 1. The molecule has 1 unspecified atom stereocenters. The highest BCUT2D eigenvalue weighted by Gasteiger charge is 2.30. The number of oxazole rings is 1. The summed E-state index contributed by atoms with van der Waals surface area (Å²) in [7, 11) is 0. The highest BCUT2D eigenvalue weighted by Crippen LogP contribution is 2.30. The first kappa shape index (κ1) is 29.2. The zero-order valence-corrected chi connectivity index (χ0v) is 23.9. The summed E-state index contributed by atoms with van der Waals surface area (Å²) in [6.45, 7) is 1.76. The van der Waals surface area contributed by atoms with Crippen LogP contribution in [0.4, 0.5) is 4.79 Å². The first-order valence-corrected chi connectivity index (χ1v) is 15.4. The maximum Gasteiger partial charge on any atom is 0.318 e. The van der Waals surface area contributed by atoms with Crippen molar-refractivity contribution in [3.63, 3.8) is 0 Å². The molecule has 3 aliphatic rings. The molecule has 2 aromatic rings. The Labute approximate surface area is 242 Å². The van der Waals surface area contributed by atoms with E-state index in [0.717, 1.165) is 38.5 Å². The predicted octanol–water partition coefficient (Wildman–Crippen LogP) is 4.54. The molecule has 0 aromatic carbocycles. The van der Waals surface area contributed by atoms with Gasteiger partial charge in [0.25, 0.3) is 0 Å². The molecule has 3 fully saturated rings. The number of carbonyl (C=O) groups excluding carboxylic acids is 3. The molecule has 3 amide bonds. The molecule has 10 heteroatoms. The quantitative estimate of drug-likeness (QED) is 0.405. The van der Waals surface area contributed by atoms with E-state index >= 15 is 0 Å². The minimum atomic E-state index is -0.705. The average Bonchev–Trinajstić information content (AvgIpc) is 3.45. The number of rotatable bonds is 10. The molecule has 2 aliphatic carbocycles. The number of aromatic nitrogens is 2. The lowest BCUT2D eigenvalue weighted by Crippen LogP contribution is -2.54. The van der Waals surface area contributed by atoms with Crippen molar-refractivity contribution < 1.29 is 23.5 Å². The highest BCUT2D eigenvalue weighted by molar-refractivity contribution is 5.99. The van der Waals surface area contributed by atoms with Crippen LogP contribution in [0.2, 0.25) is 0 Å². The lowest BCUT2D eigenvalue weighted by molar-refractivity contribution is -0.123. The molecule has 2 N–H and O–H groups in total. The average molecular weight is 566 g/mol. The first-order chi connectivity index (χ1) is 20.1. The second kappa shape index (κ2) is 14.6. The molecule has 222 valence electrons. The number of hydrogen-bond acceptors (Lipinski definition) is 7. The number of nitrogens with one attached hydrogen (secondary N) is 2. The number of hydrogen-bond donors (Lipinski definition) is 2. The van der Waals surface area contributed by atoms with Crippen molar-refractivity contribution >= 4 is 17.7 Å². The van der Waals surface area contributed by atoms with Gasteiger partial charge in [0.15, 0.2) is 5.76 Å². The molecular weight excluding hydrogens is 522 g/mol. The Kier molecular flexibility index (Phi) is 10.4. The summed E-state index contributed by atoms with van der Waals surface area (Å²) in [5.41, 5.74) is 1.35. The molecule has 0 bridgehead atoms. The van der Waals surface area contributed by atoms with Gasteiger partial charge in [0, 0.05) is 25.5 Å². The lowest BCUT2D eigenvalue weighted by Gasteiger charge is -2.31. The van der Waals surface area contributed by atoms with Gasteiger partial charge in [-0.2, -0.15) is 0 Å². The molecule has 1 saturated heterocycles. The number of urea groups is 1. The molecule has 2 aromatic heterocycles. The topological polar surface area (TPSA) is 127 Å². The number of carbonyl (C=O) groups is 3. The number of Topliss-reactive ketones (excluding diaryl/α,β-unsaturated/α-hetero) is 1. The zero-order chi connectivity index (χ0) is 28.4. The fourth-order valence-electron chi connectivity index (χ4n) is 6.35. The SMILES string of the molecule is O=C(CNC(=O)C(CC1CCCCC1)NC(=O)N1CCOCC1)c1oc(-c2cccnc2)nc1CC1CCCCC1. The van der Waals surface area contributed by atoms with Crippen LogP contribution in [-0.4, -0.2) is 71.5 Å². The van der Waals surface area contributed by atoms with E-state index in [0.29, 0.717) is 68.1 Å². The summed E-state index contributed by atoms with van der Waals surface area (Å²) in [5, 5.41) is 5.77. The summed E-state index contributed by atoms with van der Waals surface area (Å²) in [5.74, 6) is 0.752. The van der Waals surface area contributed by atoms with Crippen LogP contribution in [0.3, 0.4) is 0 Å². The van der Waals surface area contributed by atoms with Gasteiger partial charge in [0.2, 0.25) is 17.6 Å². The van der Waals surface area contributed by atoms with Gasteiger partial charge in [-0.3, -0.25) is 14.6 Å². The summed E-state index contributed by atoms with van der Waals surface area (Å²) in [6, 6.07) is 2.69. The molecule has 0 spiro atoms. The fraction of sp³-hybridized carbons (Fsp3) is 0.645. The van der Waals surface area contributed by atoms with Crippen LogP contribution in [0.25, 0.3) is 11.5 Å². The van der Waals surface area contributed by atoms with E-state index in [2.05, 4.69) is 15.6 Å². The molecule has 3 heterocycles. The van der Waals surface area contributed by atoms with Crippen molar-refractivity contribution in [1.29, 1.82) is 0 Å². The van der Waals surface area contributed by atoms with Crippen molar-refractivity contribution in [3.05, 3.63) is 36.0 Å². The molecular formula is C31H43N5O5. The Hall–Kier alpha value is -3.27. The number of ether oxygens (including phenoxy) is 1. The van der Waals surface area contributed by atoms with Crippen LogP contribution >= 0.6 is 0 Å². The Morgan fingerprint density at radius 3 is 2.37 bits per heavy atom. The number of nitrogens with zero attached hydrogens (tertiary/aromatic N) is 3. The fourth-order valence-corrected chi connectivity index (χ4v) is 6.35. The van der Waals surface area contributed by atoms with Gasteiger partial charge in [-0.05, 0) is 36.8 Å². The smallest absolute Gasteiger partial charge is 0.318 e. The van der Waals surface area contributed by atoms with Crippen LogP contribution in [0.5, 0.6) is 0 Å². The third-order valence-corrected chi connectivity index (χ3v) is 8.70. The van der Waals surface area contributed by atoms with Crippen molar-refractivity contribution in [3.8, 4) is 11.5 Å². The van der Waals surface area contributed by atoms with Crippen LogP contribution in [0.1, 0.15) is 86.9 Å². The van der Waals surface area contributed by atoms with Crippen LogP contribution in [0, 0.1) is 11.8 Å². The zero-order valence-electron chi connectivity index (χ0n) is 23.9. The highest BCUT2D eigenvalue weighted by atomic mass is 16.5. The number of morpholine rings is 1. The van der Waals surface area contributed by atoms with Gasteiger partial charge in [-0.15, -0.1) is 0 Å². The van der Waals surface area contributed by atoms with E-state index in [9.17, 15) is 14.4 Å². The molecule has 0 radical (unpaired) electrons. The van der Waals surface area contributed by atoms with Gasteiger partial charge in [0.05, 0.1) is 31.0 Å². The van der Waals surface area contributed by atoms with Crippen LogP contribution in [-0.2, 0) is 16.0 Å². The minimum Gasteiger partial charge on any atom is -0.433 e. The molecule has 2 saturated carbocycles. The molecule has 10 nitrogen and oxygen atoms in total. The second-order valence-corrected chi connectivity index (χ2v) is 11.7. The van der Waals surface area contributed by atoms with Gasteiger partial charge in [0.1, 0.15) is 6.04 Å². The third kappa shape index (κ3) is 8.15. The van der Waals surface area contributed by atoms with Crippen LogP contribution in [0.15, 0.2) is 28.9 Å². The van der Waals surface area contributed by atoms with Gasteiger partial charge < -0.3 is 24.7 Å². The molecule has 5 rings (SSSR count). The van der Waals surface area contributed by atoms with E-state index < -0.39 is 6.04 Å². The van der Waals surface area contributed by atoms with Crippen molar-refractivity contribution in [1.82, 2.24) is 25.5 Å². The summed E-state index contributed by atoms with van der Waals surface area (Å²) < 4.78 is 11.4. The van der Waals surface area contributed by atoms with Gasteiger partial charge in [-0.25, -0.2) is 9.78 Å². The Morgan fingerprint density at radius 2 is 1.68 bits per heavy atom. The summed E-state index contributed by atoms with van der Waals surface area (Å²) in [4.78, 5) is 50.4. The molecule has 41 heavy (non-hydrogen) atoms. The van der Waals surface area contributed by atoms with Gasteiger partial charge >= 0.3 is 6.03 Å². The van der Waals surface area contributed by atoms with E-state index in [1.807, 2.05) is 6.07 Å². The van der Waals surface area contributed by atoms with Crippen LogP contribution < -0.4 is 10.6 Å². The van der Waals surface area contributed by atoms with Crippen molar-refractivity contribution in [2.24, 2.45) is 11.8 Å². The van der Waals surface area contributed by atoms with Gasteiger partial charge in [-0.1, -0.05) is 64.2 Å². The molecule has 1 atom stereocenters. The van der Waals surface area contributed by atoms with E-state index in [1.54, 1.807) is 23.4 Å². The molecule has 1 aliphatic heterocycles. The number of pyridine rings is 1. The maximum absolute atomic E-state index is 13.5. The van der Waals surface area contributed by atoms with E-state index in [1.165, 1.54) is 25.7 Å². The standard InChI is InChI=1S/C31H43N5O5/c37-27(28-25(18-22-8-3-1-4-9-22)34-30(41-28)24-12-7-13-32-20-24)21-33-29(38)26(19-23-10-5-2-6-11-23)35-31(39)36-14-16-40-17-15-36/h7,12-13,20,22-23,26H,1-6,8-11,14-19,21H2,(H,33,38)(H,35,39). The minimum absolute atomic E-state index is 0.205. The second-order valence-electron chi connectivity index (χ2n) is 11.7. The monoisotopic (exact) mass is 565 g/mol. The van der Waals surface area contributed by atoms with Crippen molar-refractivity contribution in [2.75, 3.05) is 32.8 Å². The summed E-state index contributed by atoms with van der Waals surface area (Å²) in [6.07, 6.45) is 16.1. The Balaban J connectivity index is 1.27. The lowest BCUT2D eigenvalue weighted by atomic mass is 9.84. The maximum atomic E-state index is 13.5. The van der Waals surface area contributed by atoms with E-state index in [4.69, 9.17) is 14.1 Å². The normalized spacial score (nSPS) is 19.5. The largest absolute Gasteiger partial charge is 0.433 e. The predicted molar refractivity (Wildman–Crippen MR) is 153 cm³/mol. The number of amides is 3. The first-order valence-electron chi connectivity index (χ1n) is 15.4. The summed E-state index contributed by atoms with van der Waals surface area (Å²) >= 11 is 0.